The van der Waals surface area contributed by atoms with Crippen molar-refractivity contribution in [3.8, 4) is 0 Å². The Labute approximate surface area is 103 Å². The number of carboxylic acid groups (broad SMARTS) is 1. The molecule has 2 rings (SSSR count). The third-order valence-corrected chi connectivity index (χ3v) is 4.77. The second-order valence-electron chi connectivity index (χ2n) is 6.49. The van der Waals surface area contributed by atoms with Gasteiger partial charge in [-0.1, -0.05) is 20.8 Å². The minimum absolute atomic E-state index is 0.164. The summed E-state index contributed by atoms with van der Waals surface area (Å²) >= 11 is 0. The van der Waals surface area contributed by atoms with E-state index in [0.29, 0.717) is 6.04 Å². The summed E-state index contributed by atoms with van der Waals surface area (Å²) in [4.78, 5) is 14.1. The van der Waals surface area contributed by atoms with Crippen LogP contribution in [0, 0.1) is 10.8 Å². The van der Waals surface area contributed by atoms with Gasteiger partial charge in [-0.05, 0) is 31.3 Å². The number of aliphatic carboxylic acids is 1. The van der Waals surface area contributed by atoms with Crippen molar-refractivity contribution in [3.63, 3.8) is 0 Å². The van der Waals surface area contributed by atoms with Crippen LogP contribution in [0.4, 0.5) is 0 Å². The molecule has 98 valence electrons. The molecule has 0 aromatic carbocycles. The van der Waals surface area contributed by atoms with Gasteiger partial charge in [-0.15, -0.1) is 0 Å². The van der Waals surface area contributed by atoms with E-state index in [4.69, 9.17) is 0 Å². The molecule has 2 fully saturated rings. The summed E-state index contributed by atoms with van der Waals surface area (Å²) in [6.45, 7) is 10.2. The highest BCUT2D eigenvalue weighted by Gasteiger charge is 2.50. The van der Waals surface area contributed by atoms with Crippen molar-refractivity contribution < 1.29 is 9.90 Å². The van der Waals surface area contributed by atoms with Crippen LogP contribution in [-0.2, 0) is 4.79 Å². The van der Waals surface area contributed by atoms with E-state index in [9.17, 15) is 9.90 Å². The lowest BCUT2D eigenvalue weighted by Gasteiger charge is -2.50. The van der Waals surface area contributed by atoms with Gasteiger partial charge in [-0.2, -0.15) is 0 Å². The second-order valence-corrected chi connectivity index (χ2v) is 6.49. The Bertz CT molecular complexity index is 297. The molecule has 2 heterocycles. The minimum atomic E-state index is -0.614. The highest BCUT2D eigenvalue weighted by molar-refractivity contribution is 5.75. The number of nitrogens with zero attached hydrogens (tertiary/aromatic N) is 1. The quantitative estimate of drug-likeness (QED) is 0.761. The number of hydrogen-bond acceptors (Lipinski definition) is 3. The minimum Gasteiger partial charge on any atom is -0.481 e. The largest absolute Gasteiger partial charge is 0.481 e. The normalized spacial score (nSPS) is 26.5. The maximum atomic E-state index is 11.7. The number of nitrogens with one attached hydrogen (secondary N) is 1. The van der Waals surface area contributed by atoms with Gasteiger partial charge < -0.3 is 10.4 Å². The van der Waals surface area contributed by atoms with Gasteiger partial charge in [0.1, 0.15) is 0 Å². The van der Waals surface area contributed by atoms with E-state index >= 15 is 0 Å². The lowest BCUT2D eigenvalue weighted by atomic mass is 9.61. The molecule has 17 heavy (non-hydrogen) atoms. The van der Waals surface area contributed by atoms with Gasteiger partial charge in [0.05, 0.1) is 5.41 Å². The van der Waals surface area contributed by atoms with E-state index in [1.54, 1.807) is 0 Å². The molecule has 0 saturated carbocycles. The highest BCUT2D eigenvalue weighted by Crippen LogP contribution is 2.47. The Hall–Kier alpha value is -0.610. The molecule has 0 unspecified atom stereocenters. The molecule has 2 N–H and O–H groups in total. The van der Waals surface area contributed by atoms with Crippen molar-refractivity contribution in [2.75, 3.05) is 26.2 Å². The van der Waals surface area contributed by atoms with Crippen LogP contribution in [0.15, 0.2) is 0 Å². The fourth-order valence-corrected chi connectivity index (χ4v) is 3.09. The number of carbonyl (C=O) groups is 1. The molecule has 2 aliphatic rings. The Morgan fingerprint density at radius 3 is 2.12 bits per heavy atom. The van der Waals surface area contributed by atoms with Crippen molar-refractivity contribution in [2.24, 2.45) is 10.8 Å². The zero-order valence-electron chi connectivity index (χ0n) is 11.1. The van der Waals surface area contributed by atoms with Gasteiger partial charge in [-0.25, -0.2) is 0 Å². The van der Waals surface area contributed by atoms with Gasteiger partial charge in [0.15, 0.2) is 0 Å². The van der Waals surface area contributed by atoms with Crippen molar-refractivity contribution in [1.29, 1.82) is 0 Å². The number of likely N-dealkylation sites (tertiary alicyclic amines) is 1. The molecule has 0 spiro atoms. The van der Waals surface area contributed by atoms with Crippen LogP contribution in [0.2, 0.25) is 0 Å². The third-order valence-electron chi connectivity index (χ3n) is 4.77. The molecule has 0 radical (unpaired) electrons. The van der Waals surface area contributed by atoms with Gasteiger partial charge in [0.2, 0.25) is 0 Å². The predicted octanol–water partition coefficient (Wildman–Crippen LogP) is 1.17. The van der Waals surface area contributed by atoms with Gasteiger partial charge in [-0.3, -0.25) is 9.69 Å². The molecule has 4 heteroatoms. The lowest BCUT2D eigenvalue weighted by molar-refractivity contribution is -0.162. The molecule has 0 aromatic heterocycles. The summed E-state index contributed by atoms with van der Waals surface area (Å²) < 4.78 is 0. The van der Waals surface area contributed by atoms with E-state index in [0.717, 1.165) is 39.0 Å². The number of carboxylic acids is 1. The summed E-state index contributed by atoms with van der Waals surface area (Å²) in [5.41, 5.74) is -0.705. The van der Waals surface area contributed by atoms with E-state index in [1.165, 1.54) is 0 Å². The standard InChI is InChI=1S/C13H24N2O2/c1-12(2,3)13(11(16)17)4-6-15(7-5-13)10-8-14-9-10/h10,14H,4-9H2,1-3H3,(H,16,17). The van der Waals surface area contributed by atoms with Gasteiger partial charge in [0.25, 0.3) is 0 Å². The number of rotatable bonds is 2. The summed E-state index contributed by atoms with van der Waals surface area (Å²) in [5, 5.41) is 12.9. The number of piperidine rings is 1. The van der Waals surface area contributed by atoms with Crippen molar-refractivity contribution in [2.45, 2.75) is 39.7 Å². The maximum absolute atomic E-state index is 11.7. The van der Waals surface area contributed by atoms with E-state index in [-0.39, 0.29) is 5.41 Å². The molecular weight excluding hydrogens is 216 g/mol. The van der Waals surface area contributed by atoms with Crippen LogP contribution < -0.4 is 5.32 Å². The van der Waals surface area contributed by atoms with Crippen LogP contribution >= 0.6 is 0 Å². The maximum Gasteiger partial charge on any atom is 0.310 e. The first kappa shape index (κ1) is 12.8. The van der Waals surface area contributed by atoms with Gasteiger partial charge in [0, 0.05) is 19.1 Å². The smallest absolute Gasteiger partial charge is 0.310 e. The summed E-state index contributed by atoms with van der Waals surface area (Å²) in [6, 6.07) is 0.641. The van der Waals surface area contributed by atoms with Crippen LogP contribution in [0.1, 0.15) is 33.6 Å². The van der Waals surface area contributed by atoms with Crippen molar-refractivity contribution in [1.82, 2.24) is 10.2 Å². The molecule has 2 saturated heterocycles. The first-order valence-corrected chi connectivity index (χ1v) is 6.55. The van der Waals surface area contributed by atoms with Gasteiger partial charge >= 0.3 is 5.97 Å². The monoisotopic (exact) mass is 240 g/mol. The molecule has 0 amide bonds. The molecule has 0 aromatic rings. The Morgan fingerprint density at radius 1 is 1.29 bits per heavy atom. The first-order chi connectivity index (χ1) is 7.87. The van der Waals surface area contributed by atoms with E-state index < -0.39 is 11.4 Å². The Morgan fingerprint density at radius 2 is 1.82 bits per heavy atom. The van der Waals surface area contributed by atoms with Crippen molar-refractivity contribution in [3.05, 3.63) is 0 Å². The zero-order valence-corrected chi connectivity index (χ0v) is 11.1. The Kier molecular flexibility index (Phi) is 3.21. The average Bonchev–Trinajstić information content (AvgIpc) is 2.14. The summed E-state index contributed by atoms with van der Waals surface area (Å²) in [6.07, 6.45) is 1.56. The molecule has 2 aliphatic heterocycles. The lowest BCUT2D eigenvalue weighted by Crippen LogP contribution is -2.61. The second kappa shape index (κ2) is 4.25. The average molecular weight is 240 g/mol. The zero-order chi connectivity index (χ0) is 12.7. The van der Waals surface area contributed by atoms with E-state index in [1.807, 2.05) is 0 Å². The van der Waals surface area contributed by atoms with Crippen LogP contribution in [-0.4, -0.2) is 48.2 Å². The topological polar surface area (TPSA) is 52.6 Å². The highest BCUT2D eigenvalue weighted by atomic mass is 16.4. The third kappa shape index (κ3) is 2.08. The summed E-state index contributed by atoms with van der Waals surface area (Å²) in [5.74, 6) is -0.614. The molecule has 0 bridgehead atoms. The van der Waals surface area contributed by atoms with E-state index in [2.05, 4.69) is 31.0 Å². The van der Waals surface area contributed by atoms with Crippen LogP contribution in [0.3, 0.4) is 0 Å². The van der Waals surface area contributed by atoms with Crippen LogP contribution in [0.25, 0.3) is 0 Å². The fraction of sp³-hybridized carbons (Fsp3) is 0.923. The fourth-order valence-electron chi connectivity index (χ4n) is 3.09. The summed E-state index contributed by atoms with van der Waals surface area (Å²) in [7, 11) is 0. The SMILES string of the molecule is CC(C)(C)C1(C(=O)O)CCN(C2CNC2)CC1. The molecule has 0 aliphatic carbocycles. The van der Waals surface area contributed by atoms with Crippen LogP contribution in [0.5, 0.6) is 0 Å². The van der Waals surface area contributed by atoms with Crippen molar-refractivity contribution >= 4 is 5.97 Å². The Balaban J connectivity index is 2.05. The number of hydrogen-bond donors (Lipinski definition) is 2. The molecule has 0 atom stereocenters. The first-order valence-electron chi connectivity index (χ1n) is 6.55. The predicted molar refractivity (Wildman–Crippen MR) is 67.0 cm³/mol. The molecule has 4 nitrogen and oxygen atoms in total. The molecular formula is C13H24N2O2.